The summed E-state index contributed by atoms with van der Waals surface area (Å²) < 4.78 is 39.5. The second-order valence-electron chi connectivity index (χ2n) is 17.0. The Morgan fingerprint density at radius 2 is 1.75 bits per heavy atom. The molecule has 55 heavy (non-hydrogen) atoms. The standard InChI is InChI=1S/C39H55N7O8S/c1-8-24-19-23(2)13-9-10-14-25-21-39(25,35(49)45-55(51,52)38(6)17-18-38)41-31(47)29-20-26(22-46(29)34(48)30(24)40-36(50)42-37(3,4)5)54-33-28-16-12-11-15-27(28)32(53-7)43-44-33/h10-12,14-16,23-26,29-30H,8-9,13,17-22H2,1-7H3,(H,41,47)(H,45,49)(H2,40,42,50)/b14-10-/t23-,24-,25-,26-,29+,30+,39-/m1/s1. The molecule has 300 valence electrons. The van der Waals surface area contributed by atoms with Crippen LogP contribution in [-0.2, 0) is 24.4 Å². The summed E-state index contributed by atoms with van der Waals surface area (Å²) in [5.74, 6) is -1.91. The molecule has 2 aliphatic carbocycles. The van der Waals surface area contributed by atoms with Crippen LogP contribution in [0.1, 0.15) is 92.9 Å². The zero-order valence-corrected chi connectivity index (χ0v) is 33.6. The fourth-order valence-corrected chi connectivity index (χ4v) is 9.10. The molecule has 4 N–H and O–H groups in total. The van der Waals surface area contributed by atoms with Gasteiger partial charge >= 0.3 is 6.03 Å². The molecule has 2 saturated carbocycles. The molecule has 2 aliphatic heterocycles. The largest absolute Gasteiger partial charge is 0.479 e. The summed E-state index contributed by atoms with van der Waals surface area (Å²) in [6.45, 7) is 11.2. The Morgan fingerprint density at radius 1 is 1.07 bits per heavy atom. The van der Waals surface area contributed by atoms with Crippen LogP contribution >= 0.6 is 0 Å². The first-order valence-electron chi connectivity index (χ1n) is 19.3. The number of methoxy groups -OCH3 is 1. The molecule has 3 heterocycles. The van der Waals surface area contributed by atoms with Crippen LogP contribution in [0.2, 0.25) is 0 Å². The number of fused-ring (bicyclic) bond motifs is 3. The summed E-state index contributed by atoms with van der Waals surface area (Å²) in [5, 5.41) is 18.5. The van der Waals surface area contributed by atoms with Gasteiger partial charge < -0.3 is 30.3 Å². The summed E-state index contributed by atoms with van der Waals surface area (Å²) in [5.41, 5.74) is -2.11. The Bertz CT molecular complexity index is 1960. The van der Waals surface area contributed by atoms with Gasteiger partial charge in [0, 0.05) is 17.9 Å². The van der Waals surface area contributed by atoms with Crippen molar-refractivity contribution in [3.63, 3.8) is 0 Å². The number of amides is 5. The topological polar surface area (TPSA) is 198 Å². The van der Waals surface area contributed by atoms with Crippen LogP contribution in [0.5, 0.6) is 11.8 Å². The highest BCUT2D eigenvalue weighted by molar-refractivity contribution is 7.91. The molecule has 16 heteroatoms. The van der Waals surface area contributed by atoms with E-state index in [1.807, 2.05) is 64.1 Å². The van der Waals surface area contributed by atoms with Crippen LogP contribution in [0.15, 0.2) is 36.4 Å². The van der Waals surface area contributed by atoms with E-state index in [4.69, 9.17) is 9.47 Å². The lowest BCUT2D eigenvalue weighted by atomic mass is 9.85. The van der Waals surface area contributed by atoms with E-state index >= 15 is 0 Å². The van der Waals surface area contributed by atoms with Crippen LogP contribution in [0.25, 0.3) is 10.8 Å². The SMILES string of the molecule is CC[C@@H]1C[C@H](C)CC/C=C\[C@@H]2C[C@@]2(C(=O)NS(=O)(=O)C2(C)CC2)NC(=O)[C@@H]2C[C@@H](Oc3nnc(OC)c4ccccc34)CN2C(=O)[C@H]1NC(=O)NC(C)(C)C. The van der Waals surface area contributed by atoms with Crippen molar-refractivity contribution in [2.45, 2.75) is 127 Å². The molecule has 5 amide bonds. The lowest BCUT2D eigenvalue weighted by Gasteiger charge is -2.34. The van der Waals surface area contributed by atoms with Gasteiger partial charge in [-0.05, 0) is 90.2 Å². The summed E-state index contributed by atoms with van der Waals surface area (Å²) >= 11 is 0. The van der Waals surface area contributed by atoms with Crippen molar-refractivity contribution < 1.29 is 37.1 Å². The van der Waals surface area contributed by atoms with E-state index in [1.54, 1.807) is 6.92 Å². The molecule has 7 atom stereocenters. The summed E-state index contributed by atoms with van der Waals surface area (Å²) in [6.07, 6.45) is 6.92. The zero-order valence-electron chi connectivity index (χ0n) is 32.8. The second-order valence-corrected chi connectivity index (χ2v) is 19.2. The van der Waals surface area contributed by atoms with Crippen molar-refractivity contribution in [2.24, 2.45) is 17.8 Å². The van der Waals surface area contributed by atoms with E-state index in [0.717, 1.165) is 6.42 Å². The van der Waals surface area contributed by atoms with Gasteiger partial charge in [0.15, 0.2) is 0 Å². The van der Waals surface area contributed by atoms with Crippen LogP contribution < -0.4 is 30.1 Å². The molecule has 0 spiro atoms. The molecule has 3 fully saturated rings. The van der Waals surface area contributed by atoms with Crippen LogP contribution in [-0.4, -0.2) is 94.9 Å². The third-order valence-corrected chi connectivity index (χ3v) is 13.6. The fourth-order valence-electron chi connectivity index (χ4n) is 7.78. The van der Waals surface area contributed by atoms with Gasteiger partial charge in [-0.25, -0.2) is 13.2 Å². The van der Waals surface area contributed by atoms with E-state index in [2.05, 4.69) is 37.8 Å². The van der Waals surface area contributed by atoms with Gasteiger partial charge in [-0.15, -0.1) is 10.2 Å². The number of rotatable bonds is 8. The van der Waals surface area contributed by atoms with E-state index in [1.165, 1.54) is 12.0 Å². The van der Waals surface area contributed by atoms with E-state index in [9.17, 15) is 27.6 Å². The minimum absolute atomic E-state index is 0.0285. The lowest BCUT2D eigenvalue weighted by Crippen LogP contribution is -2.60. The van der Waals surface area contributed by atoms with Gasteiger partial charge in [0.1, 0.15) is 23.7 Å². The lowest BCUT2D eigenvalue weighted by molar-refractivity contribution is -0.142. The second kappa shape index (κ2) is 15.2. The van der Waals surface area contributed by atoms with Crippen molar-refractivity contribution in [1.82, 2.24) is 35.8 Å². The van der Waals surface area contributed by atoms with E-state index in [-0.39, 0.29) is 37.1 Å². The van der Waals surface area contributed by atoms with Gasteiger partial charge in [-0.3, -0.25) is 19.1 Å². The number of carbonyl (C=O) groups excluding carboxylic acids is 4. The number of benzene rings is 1. The van der Waals surface area contributed by atoms with Crippen molar-refractivity contribution in [1.29, 1.82) is 0 Å². The predicted molar refractivity (Wildman–Crippen MR) is 205 cm³/mol. The molecular weight excluding hydrogens is 727 g/mol. The van der Waals surface area contributed by atoms with Gasteiger partial charge in [0.25, 0.3) is 5.91 Å². The average molecular weight is 782 g/mol. The Hall–Kier alpha value is -4.47. The van der Waals surface area contributed by atoms with Crippen molar-refractivity contribution >= 4 is 44.5 Å². The first kappa shape index (κ1) is 40.2. The smallest absolute Gasteiger partial charge is 0.315 e. The molecule has 1 aromatic carbocycles. The molecule has 4 aliphatic rings. The number of carbonyl (C=O) groups is 4. The molecule has 6 rings (SSSR count). The Balaban J connectivity index is 1.37. The number of nitrogens with zero attached hydrogens (tertiary/aromatic N) is 3. The van der Waals surface area contributed by atoms with Gasteiger partial charge in [-0.2, -0.15) is 0 Å². The average Bonchev–Trinajstić information content (AvgIpc) is 4.00. The highest BCUT2D eigenvalue weighted by atomic mass is 32.2. The number of ether oxygens (including phenoxy) is 2. The third-order valence-electron chi connectivity index (χ3n) is 11.5. The zero-order chi connectivity index (χ0) is 39.9. The Labute approximate surface area is 323 Å². The van der Waals surface area contributed by atoms with Crippen LogP contribution in [0, 0.1) is 17.8 Å². The van der Waals surface area contributed by atoms with Crippen molar-refractivity contribution in [3.8, 4) is 11.8 Å². The predicted octanol–water partition coefficient (Wildman–Crippen LogP) is 3.73. The quantitative estimate of drug-likeness (QED) is 0.287. The molecule has 15 nitrogen and oxygen atoms in total. The Kier molecular flexibility index (Phi) is 11.1. The number of sulfonamides is 1. The summed E-state index contributed by atoms with van der Waals surface area (Å²) in [7, 11) is -2.50. The number of hydrogen-bond acceptors (Lipinski definition) is 10. The fraction of sp³-hybridized carbons (Fsp3) is 0.641. The molecular formula is C39H55N7O8S. The first-order chi connectivity index (χ1) is 25.9. The van der Waals surface area contributed by atoms with E-state index < -0.39 is 73.7 Å². The highest BCUT2D eigenvalue weighted by Gasteiger charge is 2.63. The molecule has 1 saturated heterocycles. The number of urea groups is 1. The number of nitrogens with one attached hydrogen (secondary N) is 4. The van der Waals surface area contributed by atoms with Gasteiger partial charge in [-0.1, -0.05) is 44.6 Å². The van der Waals surface area contributed by atoms with Gasteiger partial charge in [0.05, 0.1) is 29.2 Å². The number of allylic oxidation sites excluding steroid dienone is 1. The number of hydrogen-bond donors (Lipinski definition) is 4. The molecule has 2 aromatic rings. The maximum Gasteiger partial charge on any atom is 0.315 e. The molecule has 0 bridgehead atoms. The summed E-state index contributed by atoms with van der Waals surface area (Å²) in [4.78, 5) is 58.2. The Morgan fingerprint density at radius 3 is 2.38 bits per heavy atom. The van der Waals surface area contributed by atoms with Crippen LogP contribution in [0.4, 0.5) is 4.79 Å². The molecule has 0 radical (unpaired) electrons. The van der Waals surface area contributed by atoms with Crippen LogP contribution in [0.3, 0.4) is 0 Å². The van der Waals surface area contributed by atoms with Gasteiger partial charge in [0.2, 0.25) is 33.6 Å². The van der Waals surface area contributed by atoms with Crippen molar-refractivity contribution in [2.75, 3.05) is 13.7 Å². The third kappa shape index (κ3) is 8.53. The normalized spacial score (nSPS) is 30.1. The summed E-state index contributed by atoms with van der Waals surface area (Å²) in [6, 6.07) is 4.68. The maximum absolute atomic E-state index is 14.9. The highest BCUT2D eigenvalue weighted by Crippen LogP contribution is 2.47. The van der Waals surface area contributed by atoms with Crippen molar-refractivity contribution in [3.05, 3.63) is 36.4 Å². The number of aromatic nitrogens is 2. The monoisotopic (exact) mass is 781 g/mol. The minimum Gasteiger partial charge on any atom is -0.479 e. The maximum atomic E-state index is 14.9. The minimum atomic E-state index is -4.00. The molecule has 1 aromatic heterocycles. The van der Waals surface area contributed by atoms with E-state index in [0.29, 0.717) is 48.8 Å². The molecule has 0 unspecified atom stereocenters. The first-order valence-corrected chi connectivity index (χ1v) is 20.8.